The second-order valence-electron chi connectivity index (χ2n) is 8.77. The highest BCUT2D eigenvalue weighted by Crippen LogP contribution is 2.47. The monoisotopic (exact) mass is 430 g/mol. The van der Waals surface area contributed by atoms with Gasteiger partial charge in [-0.15, -0.1) is 0 Å². The van der Waals surface area contributed by atoms with Crippen molar-refractivity contribution < 1.29 is 9.53 Å². The second-order valence-corrected chi connectivity index (χ2v) is 8.77. The molecule has 1 aliphatic carbocycles. The molecule has 0 aromatic carbocycles. The number of pyridine rings is 1. The highest BCUT2D eigenvalue weighted by atomic mass is 16.5. The van der Waals surface area contributed by atoms with Crippen molar-refractivity contribution in [3.8, 4) is 17.4 Å². The van der Waals surface area contributed by atoms with Gasteiger partial charge in [0.15, 0.2) is 5.82 Å². The van der Waals surface area contributed by atoms with Gasteiger partial charge in [0, 0.05) is 36.0 Å². The van der Waals surface area contributed by atoms with Crippen LogP contribution in [-0.2, 0) is 0 Å². The Balaban J connectivity index is 1.42. The molecule has 0 radical (unpaired) electrons. The molecule has 2 aliphatic rings. The fraction of sp³-hybridized carbons (Fsp3) is 0.417. The van der Waals surface area contributed by atoms with E-state index < -0.39 is 0 Å². The summed E-state index contributed by atoms with van der Waals surface area (Å²) in [7, 11) is 0. The van der Waals surface area contributed by atoms with Crippen molar-refractivity contribution in [3.63, 3.8) is 0 Å². The number of ether oxygens (including phenoxy) is 1. The van der Waals surface area contributed by atoms with Crippen LogP contribution in [0.15, 0.2) is 36.7 Å². The van der Waals surface area contributed by atoms with E-state index in [4.69, 9.17) is 4.74 Å². The first kappa shape index (κ1) is 20.5. The average molecular weight is 431 g/mol. The van der Waals surface area contributed by atoms with Crippen LogP contribution in [0.1, 0.15) is 40.4 Å². The van der Waals surface area contributed by atoms with Crippen LogP contribution in [0.3, 0.4) is 0 Å². The minimum absolute atomic E-state index is 0.0532. The summed E-state index contributed by atoms with van der Waals surface area (Å²) in [5, 5.41) is 0. The van der Waals surface area contributed by atoms with E-state index in [-0.39, 0.29) is 11.9 Å². The lowest BCUT2D eigenvalue weighted by atomic mass is 10.0. The molecule has 0 N–H and O–H groups in total. The zero-order valence-corrected chi connectivity index (χ0v) is 18.5. The van der Waals surface area contributed by atoms with E-state index in [2.05, 4.69) is 24.9 Å². The van der Waals surface area contributed by atoms with E-state index in [1.165, 1.54) is 0 Å². The lowest BCUT2D eigenvalue weighted by Crippen LogP contribution is -2.48. The average Bonchev–Trinajstić information content (AvgIpc) is 3.55. The van der Waals surface area contributed by atoms with Crippen molar-refractivity contribution in [1.29, 1.82) is 0 Å². The Morgan fingerprint density at radius 1 is 1.00 bits per heavy atom. The van der Waals surface area contributed by atoms with Crippen LogP contribution in [0.5, 0.6) is 6.01 Å². The minimum atomic E-state index is -0.101. The molecule has 4 heterocycles. The number of rotatable bonds is 5. The number of likely N-dealkylation sites (tertiary alicyclic amines) is 1. The number of carbonyl (C=O) groups is 1. The van der Waals surface area contributed by atoms with Crippen molar-refractivity contribution in [2.75, 3.05) is 13.2 Å². The van der Waals surface area contributed by atoms with Gasteiger partial charge in [-0.1, -0.05) is 0 Å². The number of hydrogen-bond acceptors (Lipinski definition) is 7. The third kappa shape index (κ3) is 4.17. The van der Waals surface area contributed by atoms with Gasteiger partial charge in [-0.3, -0.25) is 4.79 Å². The molecular formula is C24H26N6O2. The molecule has 1 amide bonds. The highest BCUT2D eigenvalue weighted by Gasteiger charge is 2.47. The van der Waals surface area contributed by atoms with Crippen molar-refractivity contribution in [1.82, 2.24) is 29.8 Å². The van der Waals surface area contributed by atoms with Crippen LogP contribution < -0.4 is 4.74 Å². The van der Waals surface area contributed by atoms with Gasteiger partial charge in [0.2, 0.25) is 0 Å². The van der Waals surface area contributed by atoms with E-state index in [1.54, 1.807) is 18.5 Å². The molecule has 8 heteroatoms. The molecule has 1 saturated carbocycles. The van der Waals surface area contributed by atoms with Gasteiger partial charge in [0.1, 0.15) is 12.3 Å². The van der Waals surface area contributed by atoms with Gasteiger partial charge < -0.3 is 9.64 Å². The van der Waals surface area contributed by atoms with Crippen molar-refractivity contribution in [3.05, 3.63) is 59.4 Å². The van der Waals surface area contributed by atoms with Gasteiger partial charge in [-0.2, -0.15) is 0 Å². The van der Waals surface area contributed by atoms with Gasteiger partial charge in [-0.05, 0) is 69.7 Å². The summed E-state index contributed by atoms with van der Waals surface area (Å²) in [5.41, 5.74) is 3.55. The Morgan fingerprint density at radius 3 is 2.50 bits per heavy atom. The molecule has 3 aromatic heterocycles. The zero-order chi connectivity index (χ0) is 22.2. The first-order valence-corrected chi connectivity index (χ1v) is 11.0. The van der Waals surface area contributed by atoms with Crippen LogP contribution in [0.25, 0.3) is 11.4 Å². The standard InChI is InChI=1S/C24H26N6O2/c1-14-5-6-20(22-25-7-4-8-26-22)21(27-14)23(31)30-12-18-10-17(18)11-19(30)13-32-24-28-15(2)9-16(3)29-24/h4-9,17-19H,10-13H2,1-3H3. The lowest BCUT2D eigenvalue weighted by molar-refractivity contribution is 0.0497. The number of fused-ring (bicyclic) bond motifs is 1. The van der Waals surface area contributed by atoms with Crippen LogP contribution in [-0.4, -0.2) is 54.9 Å². The van der Waals surface area contributed by atoms with Crippen molar-refractivity contribution in [2.45, 2.75) is 39.7 Å². The smallest absolute Gasteiger partial charge is 0.316 e. The summed E-state index contributed by atoms with van der Waals surface area (Å²) in [6, 6.07) is 7.74. The number of aromatic nitrogens is 5. The third-order valence-electron chi connectivity index (χ3n) is 6.19. The summed E-state index contributed by atoms with van der Waals surface area (Å²) in [5.74, 6) is 1.63. The van der Waals surface area contributed by atoms with Crippen molar-refractivity contribution in [2.24, 2.45) is 11.8 Å². The third-order valence-corrected chi connectivity index (χ3v) is 6.19. The maximum absolute atomic E-state index is 13.8. The minimum Gasteiger partial charge on any atom is -0.461 e. The Hall–Kier alpha value is -3.42. The highest BCUT2D eigenvalue weighted by molar-refractivity contribution is 5.98. The SMILES string of the molecule is Cc1cc(C)nc(OCC2CC3CC3CN2C(=O)c2nc(C)ccc2-c2ncccn2)n1. The van der Waals surface area contributed by atoms with E-state index >= 15 is 0 Å². The molecule has 5 rings (SSSR count). The molecule has 3 aromatic rings. The summed E-state index contributed by atoms with van der Waals surface area (Å²) in [6.45, 7) is 6.81. The fourth-order valence-corrected chi connectivity index (χ4v) is 4.51. The quantitative estimate of drug-likeness (QED) is 0.614. The summed E-state index contributed by atoms with van der Waals surface area (Å²) in [4.78, 5) is 37.7. The lowest BCUT2D eigenvalue weighted by Gasteiger charge is -2.35. The molecule has 1 aliphatic heterocycles. The van der Waals surface area contributed by atoms with Crippen LogP contribution in [0.4, 0.5) is 0 Å². The Labute approximate surface area is 187 Å². The number of amides is 1. The maximum Gasteiger partial charge on any atom is 0.316 e. The Bertz CT molecular complexity index is 1130. The van der Waals surface area contributed by atoms with Gasteiger partial charge in [-0.25, -0.2) is 24.9 Å². The molecule has 2 fully saturated rings. The van der Waals surface area contributed by atoms with E-state index in [0.717, 1.165) is 36.5 Å². The molecule has 1 saturated heterocycles. The summed E-state index contributed by atoms with van der Waals surface area (Å²) >= 11 is 0. The van der Waals surface area contributed by atoms with Crippen molar-refractivity contribution >= 4 is 5.91 Å². The molecule has 8 nitrogen and oxygen atoms in total. The first-order valence-electron chi connectivity index (χ1n) is 11.0. The second kappa shape index (κ2) is 8.26. The normalized spacial score (nSPS) is 21.7. The largest absolute Gasteiger partial charge is 0.461 e. The number of piperidine rings is 1. The Kier molecular flexibility index (Phi) is 5.28. The van der Waals surface area contributed by atoms with Gasteiger partial charge in [0.25, 0.3) is 5.91 Å². The molecule has 0 spiro atoms. The molecule has 32 heavy (non-hydrogen) atoms. The predicted octanol–water partition coefficient (Wildman–Crippen LogP) is 3.18. The zero-order valence-electron chi connectivity index (χ0n) is 18.5. The topological polar surface area (TPSA) is 94.0 Å². The number of nitrogens with zero attached hydrogens (tertiary/aromatic N) is 6. The first-order chi connectivity index (χ1) is 15.5. The number of aryl methyl sites for hydroxylation is 3. The molecule has 0 bridgehead atoms. The van der Waals surface area contributed by atoms with Gasteiger partial charge >= 0.3 is 6.01 Å². The maximum atomic E-state index is 13.8. The number of hydrogen-bond donors (Lipinski definition) is 0. The van der Waals surface area contributed by atoms with E-state index in [0.29, 0.717) is 41.5 Å². The van der Waals surface area contributed by atoms with Crippen LogP contribution in [0, 0.1) is 32.6 Å². The van der Waals surface area contributed by atoms with E-state index in [9.17, 15) is 4.79 Å². The fourth-order valence-electron chi connectivity index (χ4n) is 4.51. The molecule has 3 atom stereocenters. The van der Waals surface area contributed by atoms with Crippen LogP contribution in [0.2, 0.25) is 0 Å². The van der Waals surface area contributed by atoms with Gasteiger partial charge in [0.05, 0.1) is 11.6 Å². The predicted molar refractivity (Wildman–Crippen MR) is 118 cm³/mol. The molecular weight excluding hydrogens is 404 g/mol. The molecule has 164 valence electrons. The Morgan fingerprint density at radius 2 is 1.75 bits per heavy atom. The molecule has 3 unspecified atom stereocenters. The summed E-state index contributed by atoms with van der Waals surface area (Å²) < 4.78 is 5.97. The van der Waals surface area contributed by atoms with E-state index in [1.807, 2.05) is 43.9 Å². The number of carbonyl (C=O) groups excluding carboxylic acids is 1. The summed E-state index contributed by atoms with van der Waals surface area (Å²) in [6.07, 6.45) is 5.43. The van der Waals surface area contributed by atoms with Crippen LogP contribution >= 0.6 is 0 Å².